The maximum absolute atomic E-state index is 10.8. The van der Waals surface area contributed by atoms with Crippen molar-refractivity contribution in [3.8, 4) is 0 Å². The van der Waals surface area contributed by atoms with Crippen LogP contribution in [-0.2, 0) is 35.0 Å². The van der Waals surface area contributed by atoms with Crippen molar-refractivity contribution in [2.75, 3.05) is 6.54 Å². The Labute approximate surface area is 140 Å². The van der Waals surface area contributed by atoms with Crippen LogP contribution in [0.25, 0.3) is 0 Å². The number of nitrogens with zero attached hydrogens (tertiary/aromatic N) is 3. The molecule has 0 spiro atoms. The van der Waals surface area contributed by atoms with Gasteiger partial charge in [-0.1, -0.05) is 12.1 Å². The summed E-state index contributed by atoms with van der Waals surface area (Å²) in [6.45, 7) is 0.754. The molecule has 0 unspecified atom stereocenters. The van der Waals surface area contributed by atoms with Crippen LogP contribution in [0.15, 0.2) is 48.8 Å². The van der Waals surface area contributed by atoms with Crippen LogP contribution < -0.4 is 17.5 Å². The van der Waals surface area contributed by atoms with Crippen LogP contribution in [0.5, 0.6) is 0 Å². The number of carbonyl (C=O) groups excluding carboxylic acids is 1. The number of aliphatic carboxylic acids is 1. The van der Waals surface area contributed by atoms with Crippen molar-refractivity contribution in [2.45, 2.75) is 13.1 Å². The zero-order valence-corrected chi connectivity index (χ0v) is 13.1. The molecule has 0 aromatic carbocycles. The number of carboxylic acids is 1. The minimum absolute atomic E-state index is 0. The summed E-state index contributed by atoms with van der Waals surface area (Å²) >= 11 is 0. The number of rotatable bonds is 6. The first-order valence-corrected chi connectivity index (χ1v) is 5.96. The van der Waals surface area contributed by atoms with E-state index in [-0.39, 0.29) is 36.0 Å². The van der Waals surface area contributed by atoms with Crippen molar-refractivity contribution in [2.24, 2.45) is 0 Å². The molecule has 0 aliphatic carbocycles. The number of pyridine rings is 2. The first-order chi connectivity index (χ1) is 9.24. The fourth-order valence-electron chi connectivity index (χ4n) is 1.79. The van der Waals surface area contributed by atoms with Crippen molar-refractivity contribution in [1.82, 2.24) is 14.9 Å². The largest absolute Gasteiger partial charge is 2.00 e. The summed E-state index contributed by atoms with van der Waals surface area (Å²) < 4.78 is 0. The van der Waals surface area contributed by atoms with Gasteiger partial charge in [0.1, 0.15) is 0 Å². The van der Waals surface area contributed by atoms with E-state index in [0.717, 1.165) is 11.4 Å². The standard InChI is InChI=1S/C14H15N3O2.ClH.Mn/c18-14(19)11-17(9-12-5-1-3-7-15-12)10-13-6-2-4-8-16-13;;/h1-8H,9-11H2,(H,18,19);1H;/q;;+2/p-2. The SMILES string of the molecule is O=C([O-])CN(Cc1ccccn1)Cc1ccccn1.[Cl-].[Mn+2]. The van der Waals surface area contributed by atoms with Gasteiger partial charge in [0.25, 0.3) is 0 Å². The summed E-state index contributed by atoms with van der Waals surface area (Å²) in [5.74, 6) is -1.10. The summed E-state index contributed by atoms with van der Waals surface area (Å²) in [5.41, 5.74) is 1.64. The number of hydrogen-bond acceptors (Lipinski definition) is 5. The normalized spacial score (nSPS) is 9.57. The second kappa shape index (κ2) is 10.3. The van der Waals surface area contributed by atoms with E-state index >= 15 is 0 Å². The van der Waals surface area contributed by atoms with Gasteiger partial charge in [-0.05, 0) is 24.3 Å². The smallest absolute Gasteiger partial charge is 1.00 e. The Morgan fingerprint density at radius 1 is 1.00 bits per heavy atom. The van der Waals surface area contributed by atoms with E-state index in [4.69, 9.17) is 0 Å². The van der Waals surface area contributed by atoms with Gasteiger partial charge in [0.05, 0.1) is 17.4 Å². The molecule has 0 aliphatic rings. The van der Waals surface area contributed by atoms with Crippen LogP contribution in [0.1, 0.15) is 11.4 Å². The molecule has 0 fully saturated rings. The first-order valence-electron chi connectivity index (χ1n) is 5.96. The summed E-state index contributed by atoms with van der Waals surface area (Å²) in [7, 11) is 0. The van der Waals surface area contributed by atoms with Gasteiger partial charge in [-0.2, -0.15) is 0 Å². The molecule has 2 rings (SSSR count). The van der Waals surface area contributed by atoms with Crippen molar-refractivity contribution >= 4 is 5.97 Å². The molecular weight excluding hydrogens is 333 g/mol. The molecule has 0 saturated carbocycles. The Morgan fingerprint density at radius 3 is 1.81 bits per heavy atom. The second-order valence-electron chi connectivity index (χ2n) is 4.16. The zero-order chi connectivity index (χ0) is 13.5. The van der Waals surface area contributed by atoms with E-state index in [0.29, 0.717) is 13.1 Å². The fraction of sp³-hybridized carbons (Fsp3) is 0.214. The third-order valence-electron chi connectivity index (χ3n) is 2.58. The Balaban J connectivity index is 0.00000200. The monoisotopic (exact) mass is 346 g/mol. The Morgan fingerprint density at radius 2 is 1.48 bits per heavy atom. The zero-order valence-electron chi connectivity index (χ0n) is 11.2. The average Bonchev–Trinajstić information content (AvgIpc) is 2.40. The van der Waals surface area contributed by atoms with Gasteiger partial charge in [0.2, 0.25) is 0 Å². The number of hydrogen-bond donors (Lipinski definition) is 0. The molecule has 0 atom stereocenters. The van der Waals surface area contributed by atoms with E-state index in [1.807, 2.05) is 36.4 Å². The fourth-order valence-corrected chi connectivity index (χ4v) is 1.79. The number of halogens is 1. The second-order valence-corrected chi connectivity index (χ2v) is 4.16. The van der Waals surface area contributed by atoms with Gasteiger partial charge in [0, 0.05) is 32.0 Å². The van der Waals surface area contributed by atoms with E-state index < -0.39 is 5.97 Å². The Kier molecular flexibility index (Phi) is 9.58. The molecule has 0 aliphatic heterocycles. The molecule has 7 heteroatoms. The maximum atomic E-state index is 10.8. The van der Waals surface area contributed by atoms with Gasteiger partial charge in [-0.25, -0.2) is 0 Å². The number of aromatic nitrogens is 2. The first kappa shape index (κ1) is 19.5. The van der Waals surface area contributed by atoms with Gasteiger partial charge in [0.15, 0.2) is 0 Å². The van der Waals surface area contributed by atoms with Crippen LogP contribution >= 0.6 is 0 Å². The molecule has 21 heavy (non-hydrogen) atoms. The van der Waals surface area contributed by atoms with Crippen molar-refractivity contribution in [1.29, 1.82) is 0 Å². The third kappa shape index (κ3) is 7.20. The average molecular weight is 347 g/mol. The number of carboxylic acid groups (broad SMARTS) is 1. The topological polar surface area (TPSA) is 69.2 Å². The molecule has 5 nitrogen and oxygen atoms in total. The van der Waals surface area contributed by atoms with E-state index in [1.165, 1.54) is 0 Å². The molecule has 0 amide bonds. The van der Waals surface area contributed by atoms with Gasteiger partial charge < -0.3 is 22.3 Å². The molecule has 2 aromatic heterocycles. The van der Waals surface area contributed by atoms with Crippen molar-refractivity contribution < 1.29 is 39.4 Å². The maximum Gasteiger partial charge on any atom is 2.00 e. The van der Waals surface area contributed by atoms with Gasteiger partial charge in [-0.3, -0.25) is 14.9 Å². The molecule has 0 saturated heterocycles. The molecule has 1 radical (unpaired) electrons. The van der Waals surface area contributed by atoms with Crippen LogP contribution in [0.4, 0.5) is 0 Å². The minimum atomic E-state index is -1.10. The Hall–Kier alpha value is -1.46. The van der Waals surface area contributed by atoms with Crippen LogP contribution in [0.3, 0.4) is 0 Å². The van der Waals surface area contributed by atoms with E-state index in [2.05, 4.69) is 9.97 Å². The summed E-state index contributed by atoms with van der Waals surface area (Å²) in [5, 5.41) is 10.8. The summed E-state index contributed by atoms with van der Waals surface area (Å²) in [6.07, 6.45) is 3.38. The van der Waals surface area contributed by atoms with Crippen LogP contribution in [0.2, 0.25) is 0 Å². The van der Waals surface area contributed by atoms with E-state index in [1.54, 1.807) is 17.3 Å². The number of carbonyl (C=O) groups is 1. The minimum Gasteiger partial charge on any atom is -1.00 e. The van der Waals surface area contributed by atoms with Crippen LogP contribution in [-0.4, -0.2) is 27.4 Å². The van der Waals surface area contributed by atoms with Crippen molar-refractivity contribution in [3.05, 3.63) is 60.2 Å². The Bertz CT molecular complexity index is 487. The van der Waals surface area contributed by atoms with Crippen LogP contribution in [0, 0.1) is 0 Å². The van der Waals surface area contributed by atoms with Gasteiger partial charge >= 0.3 is 17.1 Å². The quantitative estimate of drug-likeness (QED) is 0.530. The van der Waals surface area contributed by atoms with E-state index in [9.17, 15) is 9.90 Å². The predicted molar refractivity (Wildman–Crippen MR) is 67.6 cm³/mol. The van der Waals surface area contributed by atoms with Crippen molar-refractivity contribution in [3.63, 3.8) is 0 Å². The molecule has 2 aromatic rings. The summed E-state index contributed by atoms with van der Waals surface area (Å²) in [4.78, 5) is 20.9. The summed E-state index contributed by atoms with van der Waals surface area (Å²) in [6, 6.07) is 11.1. The third-order valence-corrected chi connectivity index (χ3v) is 2.58. The molecule has 111 valence electrons. The molecule has 0 N–H and O–H groups in total. The van der Waals surface area contributed by atoms with Gasteiger partial charge in [-0.15, -0.1) is 0 Å². The molecule has 2 heterocycles. The molecular formula is C14H14ClMnN3O2. The predicted octanol–water partition coefficient (Wildman–Crippen LogP) is -2.77. The molecule has 0 bridgehead atoms.